The van der Waals surface area contributed by atoms with Crippen molar-refractivity contribution < 1.29 is 50.6 Å². The maximum Gasteiger partial charge on any atom is 0.490 e. The first-order valence-electron chi connectivity index (χ1n) is 14.0. The van der Waals surface area contributed by atoms with E-state index in [-0.39, 0.29) is 64.4 Å². The van der Waals surface area contributed by atoms with Gasteiger partial charge < -0.3 is 15.7 Å². The predicted molar refractivity (Wildman–Crippen MR) is 152 cm³/mol. The minimum atomic E-state index is -5.08. The van der Waals surface area contributed by atoms with Crippen LogP contribution in [0.15, 0.2) is 24.4 Å². The smallest absolute Gasteiger partial charge is 0.475 e. The van der Waals surface area contributed by atoms with Crippen LogP contribution < -0.4 is 10.6 Å². The number of anilines is 1. The zero-order chi connectivity index (χ0) is 33.9. The SMILES string of the molecule is Cc1nc(C(F)(F)F)cc(-c2ccnc3cc(CN4C(=O)C5C(C4=O)C5(C)C)sc23)c1NC(=O)C1CCNC1.O=C(O)C(F)(F)F. The van der Waals surface area contributed by atoms with Gasteiger partial charge in [0.1, 0.15) is 5.69 Å². The van der Waals surface area contributed by atoms with Gasteiger partial charge >= 0.3 is 18.3 Å². The van der Waals surface area contributed by atoms with E-state index in [1.54, 1.807) is 12.1 Å². The molecule has 3 aromatic rings. The Morgan fingerprint density at radius 3 is 2.28 bits per heavy atom. The molecule has 0 bridgehead atoms. The molecule has 3 amide bonds. The lowest BCUT2D eigenvalue weighted by Crippen LogP contribution is -2.35. The van der Waals surface area contributed by atoms with Crippen LogP contribution in [0.1, 0.15) is 36.5 Å². The van der Waals surface area contributed by atoms with Crippen molar-refractivity contribution in [2.45, 2.75) is 46.1 Å². The van der Waals surface area contributed by atoms with Crippen LogP contribution in [-0.2, 0) is 31.9 Å². The van der Waals surface area contributed by atoms with Crippen LogP contribution in [-0.4, -0.2) is 62.9 Å². The standard InChI is InChI=1S/C27H26F3N5O3S.C2HF3O2/c1-12-21(34-23(36)13-4-6-31-10-13)16(9-18(33-12)27(28,29)30)15-5-7-32-17-8-14(39-22(15)17)11-35-24(37)19-20(25(35)38)26(19,2)3;3-2(4,5)1(6)7/h5,7-9,13,19-20,31H,4,6,10-11H2,1-3H3,(H,34,36);(H,6,7). The van der Waals surface area contributed by atoms with E-state index in [4.69, 9.17) is 9.90 Å². The third kappa shape index (κ3) is 6.17. The highest BCUT2D eigenvalue weighted by atomic mass is 32.1. The van der Waals surface area contributed by atoms with Gasteiger partial charge in [0.25, 0.3) is 0 Å². The van der Waals surface area contributed by atoms with E-state index >= 15 is 0 Å². The van der Waals surface area contributed by atoms with Gasteiger partial charge in [0.05, 0.1) is 45.9 Å². The number of aromatic nitrogens is 2. The summed E-state index contributed by atoms with van der Waals surface area (Å²) in [4.78, 5) is 57.6. The molecule has 1 saturated carbocycles. The number of nitrogens with one attached hydrogen (secondary N) is 2. The van der Waals surface area contributed by atoms with Crippen molar-refractivity contribution in [3.05, 3.63) is 40.7 Å². The summed E-state index contributed by atoms with van der Waals surface area (Å²) < 4.78 is 73.7. The Morgan fingerprint density at radius 2 is 1.74 bits per heavy atom. The van der Waals surface area contributed by atoms with Crippen molar-refractivity contribution in [2.75, 3.05) is 18.4 Å². The summed E-state index contributed by atoms with van der Waals surface area (Å²) >= 11 is 1.26. The molecule has 3 aromatic heterocycles. The number of carboxylic acids is 1. The molecule has 17 heteroatoms. The molecule has 3 N–H and O–H groups in total. The maximum absolute atomic E-state index is 13.8. The van der Waals surface area contributed by atoms with Gasteiger partial charge in [-0.25, -0.2) is 9.78 Å². The number of aliphatic carboxylic acids is 1. The number of hydrogen-bond acceptors (Lipinski definition) is 8. The third-order valence-corrected chi connectivity index (χ3v) is 9.51. The maximum atomic E-state index is 13.8. The second-order valence-corrected chi connectivity index (χ2v) is 13.0. The van der Waals surface area contributed by atoms with Gasteiger partial charge in [0, 0.05) is 28.7 Å². The van der Waals surface area contributed by atoms with E-state index in [1.807, 2.05) is 13.8 Å². The Balaban J connectivity index is 0.000000537. The molecule has 10 nitrogen and oxygen atoms in total. The van der Waals surface area contributed by atoms with Crippen molar-refractivity contribution >= 4 is 50.9 Å². The van der Waals surface area contributed by atoms with Gasteiger partial charge in [-0.1, -0.05) is 13.8 Å². The molecule has 5 heterocycles. The second kappa shape index (κ2) is 11.6. The third-order valence-electron chi connectivity index (χ3n) is 8.37. The van der Waals surface area contributed by atoms with E-state index in [9.17, 15) is 40.7 Å². The minimum absolute atomic E-state index is 0.0518. The van der Waals surface area contributed by atoms with Crippen molar-refractivity contribution in [2.24, 2.45) is 23.2 Å². The van der Waals surface area contributed by atoms with Crippen molar-refractivity contribution in [3.8, 4) is 11.1 Å². The number of imide groups is 1. The number of carbonyl (C=O) groups excluding carboxylic acids is 3. The molecular formula is C29H27F6N5O5S. The summed E-state index contributed by atoms with van der Waals surface area (Å²) in [6, 6.07) is 4.31. The lowest BCUT2D eigenvalue weighted by molar-refractivity contribution is -0.192. The van der Waals surface area contributed by atoms with Crippen LogP contribution >= 0.6 is 11.3 Å². The van der Waals surface area contributed by atoms with Crippen molar-refractivity contribution in [1.82, 2.24) is 20.2 Å². The number of halogens is 6. The molecule has 2 saturated heterocycles. The van der Waals surface area contributed by atoms with Gasteiger partial charge in [-0.2, -0.15) is 26.3 Å². The predicted octanol–water partition coefficient (Wildman–Crippen LogP) is 5.01. The molecule has 46 heavy (non-hydrogen) atoms. The molecule has 3 unspecified atom stereocenters. The van der Waals surface area contributed by atoms with E-state index < -0.39 is 24.0 Å². The molecule has 6 rings (SSSR count). The Hall–Kier alpha value is -4.12. The molecule has 0 radical (unpaired) electrons. The van der Waals surface area contributed by atoms with E-state index in [1.165, 1.54) is 29.4 Å². The number of carboxylic acid groups (broad SMARTS) is 1. The summed E-state index contributed by atoms with van der Waals surface area (Å²) in [6.07, 6.45) is -7.64. The van der Waals surface area contributed by atoms with Gasteiger partial charge in [-0.15, -0.1) is 11.3 Å². The van der Waals surface area contributed by atoms with Crippen LogP contribution in [0.2, 0.25) is 0 Å². The van der Waals surface area contributed by atoms with Gasteiger partial charge in [0.15, 0.2) is 0 Å². The highest BCUT2D eigenvalue weighted by Gasteiger charge is 2.72. The highest BCUT2D eigenvalue weighted by Crippen LogP contribution is 2.63. The van der Waals surface area contributed by atoms with Gasteiger partial charge in [-0.3, -0.25) is 24.3 Å². The molecule has 246 valence electrons. The van der Waals surface area contributed by atoms with Crippen LogP contribution in [0.5, 0.6) is 0 Å². The monoisotopic (exact) mass is 671 g/mol. The van der Waals surface area contributed by atoms with Gasteiger partial charge in [-0.05, 0) is 43.5 Å². The fourth-order valence-electron chi connectivity index (χ4n) is 5.88. The molecular weight excluding hydrogens is 644 g/mol. The van der Waals surface area contributed by atoms with E-state index in [2.05, 4.69) is 20.6 Å². The summed E-state index contributed by atoms with van der Waals surface area (Å²) in [7, 11) is 0. The fraction of sp³-hybridized carbons (Fsp3) is 0.448. The average Bonchev–Trinajstić information content (AvgIpc) is 3.42. The average molecular weight is 672 g/mol. The largest absolute Gasteiger partial charge is 0.490 e. The quantitative estimate of drug-likeness (QED) is 0.254. The summed E-state index contributed by atoms with van der Waals surface area (Å²) in [5.41, 5.74) is 0.0568. The number of alkyl halides is 6. The molecule has 1 aliphatic carbocycles. The number of rotatable bonds is 5. The lowest BCUT2D eigenvalue weighted by Gasteiger charge is -2.19. The Bertz CT molecular complexity index is 1720. The number of pyridine rings is 2. The Morgan fingerprint density at radius 1 is 1.11 bits per heavy atom. The zero-order valence-electron chi connectivity index (χ0n) is 24.5. The number of fused-ring (bicyclic) bond motifs is 2. The van der Waals surface area contributed by atoms with Crippen LogP contribution in [0.4, 0.5) is 32.0 Å². The minimum Gasteiger partial charge on any atom is -0.475 e. The number of aryl methyl sites for hydroxylation is 1. The Labute approximate surface area is 261 Å². The fourth-order valence-corrected chi connectivity index (χ4v) is 7.02. The van der Waals surface area contributed by atoms with Crippen molar-refractivity contribution in [3.63, 3.8) is 0 Å². The summed E-state index contributed by atoms with van der Waals surface area (Å²) in [6.45, 7) is 6.54. The number of nitrogens with zero attached hydrogens (tertiary/aromatic N) is 3. The normalized spacial score (nSPS) is 22.0. The number of carbonyl (C=O) groups is 4. The first kappa shape index (κ1) is 33.2. The zero-order valence-corrected chi connectivity index (χ0v) is 25.3. The van der Waals surface area contributed by atoms with E-state index in [0.717, 1.165) is 6.07 Å². The topological polar surface area (TPSA) is 142 Å². The lowest BCUT2D eigenvalue weighted by atomic mass is 10.0. The number of hydrogen-bond donors (Lipinski definition) is 3. The van der Waals surface area contributed by atoms with E-state index in [0.29, 0.717) is 40.2 Å². The van der Waals surface area contributed by atoms with Crippen LogP contribution in [0.25, 0.3) is 21.3 Å². The molecule has 3 aliphatic rings. The number of thiophene rings is 1. The first-order valence-corrected chi connectivity index (χ1v) is 14.8. The molecule has 2 aliphatic heterocycles. The molecule has 3 fully saturated rings. The summed E-state index contributed by atoms with van der Waals surface area (Å²) in [5.74, 6) is -4.30. The molecule has 3 atom stereocenters. The van der Waals surface area contributed by atoms with Crippen LogP contribution in [0, 0.1) is 30.1 Å². The number of amides is 3. The number of likely N-dealkylation sites (tertiary alicyclic amines) is 1. The summed E-state index contributed by atoms with van der Waals surface area (Å²) in [5, 5.41) is 13.1. The number of piperidine rings is 1. The van der Waals surface area contributed by atoms with Gasteiger partial charge in [0.2, 0.25) is 17.7 Å². The first-order chi connectivity index (χ1) is 21.3. The molecule has 0 aromatic carbocycles. The van der Waals surface area contributed by atoms with Crippen molar-refractivity contribution in [1.29, 1.82) is 0 Å². The Kier molecular flexibility index (Phi) is 8.38. The second-order valence-electron chi connectivity index (χ2n) is 11.8. The van der Waals surface area contributed by atoms with Crippen LogP contribution in [0.3, 0.4) is 0 Å². The highest BCUT2D eigenvalue weighted by molar-refractivity contribution is 7.19. The molecule has 0 spiro atoms.